The SMILES string of the molecule is Cc1nocc1C(=O)c1ccccc1. The van der Waals surface area contributed by atoms with E-state index in [9.17, 15) is 4.79 Å². The second-order valence-electron chi connectivity index (χ2n) is 3.01. The highest BCUT2D eigenvalue weighted by Gasteiger charge is 2.13. The van der Waals surface area contributed by atoms with E-state index in [0.717, 1.165) is 0 Å². The summed E-state index contributed by atoms with van der Waals surface area (Å²) < 4.78 is 4.72. The lowest BCUT2D eigenvalue weighted by molar-refractivity contribution is 0.103. The van der Waals surface area contributed by atoms with Gasteiger partial charge in [0.05, 0.1) is 11.3 Å². The van der Waals surface area contributed by atoms with Crippen molar-refractivity contribution < 1.29 is 9.32 Å². The lowest BCUT2D eigenvalue weighted by Gasteiger charge is -1.96. The van der Waals surface area contributed by atoms with Gasteiger partial charge in [-0.2, -0.15) is 0 Å². The summed E-state index contributed by atoms with van der Waals surface area (Å²) >= 11 is 0. The number of aromatic nitrogens is 1. The minimum Gasteiger partial charge on any atom is -0.364 e. The molecule has 2 rings (SSSR count). The molecule has 3 heteroatoms. The van der Waals surface area contributed by atoms with E-state index >= 15 is 0 Å². The normalized spacial score (nSPS) is 10.1. The number of ketones is 1. The fourth-order valence-electron chi connectivity index (χ4n) is 1.26. The number of nitrogens with zero attached hydrogens (tertiary/aromatic N) is 1. The number of aryl methyl sites for hydroxylation is 1. The van der Waals surface area contributed by atoms with Gasteiger partial charge < -0.3 is 4.52 Å². The predicted octanol–water partition coefficient (Wildman–Crippen LogP) is 2.21. The minimum absolute atomic E-state index is 0.0515. The van der Waals surface area contributed by atoms with Crippen LogP contribution in [0.2, 0.25) is 0 Å². The van der Waals surface area contributed by atoms with Gasteiger partial charge in [0.1, 0.15) is 6.26 Å². The second-order valence-corrected chi connectivity index (χ2v) is 3.01. The molecule has 1 aromatic carbocycles. The molecule has 0 amide bonds. The Bertz CT molecular complexity index is 445. The smallest absolute Gasteiger partial charge is 0.198 e. The predicted molar refractivity (Wildman–Crippen MR) is 51.1 cm³/mol. The van der Waals surface area contributed by atoms with Crippen molar-refractivity contribution >= 4 is 5.78 Å². The Morgan fingerprint density at radius 1 is 1.29 bits per heavy atom. The van der Waals surface area contributed by atoms with Gasteiger partial charge in [-0.15, -0.1) is 0 Å². The third kappa shape index (κ3) is 1.44. The average molecular weight is 187 g/mol. The van der Waals surface area contributed by atoms with Gasteiger partial charge in [0, 0.05) is 5.56 Å². The molecule has 0 fully saturated rings. The van der Waals surface area contributed by atoms with Crippen molar-refractivity contribution in [3.63, 3.8) is 0 Å². The molecule has 0 radical (unpaired) electrons. The van der Waals surface area contributed by atoms with Crippen LogP contribution in [0.5, 0.6) is 0 Å². The van der Waals surface area contributed by atoms with Crippen LogP contribution in [0.4, 0.5) is 0 Å². The summed E-state index contributed by atoms with van der Waals surface area (Å²) in [4.78, 5) is 11.8. The van der Waals surface area contributed by atoms with E-state index in [2.05, 4.69) is 5.16 Å². The summed E-state index contributed by atoms with van der Waals surface area (Å²) in [5.41, 5.74) is 1.80. The summed E-state index contributed by atoms with van der Waals surface area (Å²) in [5.74, 6) is -0.0515. The van der Waals surface area contributed by atoms with Crippen LogP contribution in [0.1, 0.15) is 21.6 Å². The summed E-state index contributed by atoms with van der Waals surface area (Å²) in [5, 5.41) is 3.67. The van der Waals surface area contributed by atoms with Crippen molar-refractivity contribution in [3.05, 3.63) is 53.4 Å². The van der Waals surface area contributed by atoms with Crippen LogP contribution in [0.3, 0.4) is 0 Å². The topological polar surface area (TPSA) is 43.1 Å². The quantitative estimate of drug-likeness (QED) is 0.677. The zero-order chi connectivity index (χ0) is 9.97. The van der Waals surface area contributed by atoms with Gasteiger partial charge in [-0.1, -0.05) is 35.5 Å². The minimum atomic E-state index is -0.0515. The van der Waals surface area contributed by atoms with Crippen LogP contribution in [-0.2, 0) is 0 Å². The van der Waals surface area contributed by atoms with E-state index in [1.807, 2.05) is 18.2 Å². The van der Waals surface area contributed by atoms with E-state index in [0.29, 0.717) is 16.8 Å². The zero-order valence-corrected chi connectivity index (χ0v) is 7.73. The van der Waals surface area contributed by atoms with Gasteiger partial charge in [-0.25, -0.2) is 0 Å². The Morgan fingerprint density at radius 3 is 2.57 bits per heavy atom. The van der Waals surface area contributed by atoms with E-state index in [4.69, 9.17) is 4.52 Å². The summed E-state index contributed by atoms with van der Waals surface area (Å²) in [6.07, 6.45) is 1.38. The molecule has 70 valence electrons. The molecule has 0 aliphatic carbocycles. The third-order valence-electron chi connectivity index (χ3n) is 2.03. The van der Waals surface area contributed by atoms with Gasteiger partial charge in [-0.3, -0.25) is 4.79 Å². The monoisotopic (exact) mass is 187 g/mol. The number of hydrogen-bond donors (Lipinski definition) is 0. The van der Waals surface area contributed by atoms with Crippen LogP contribution in [0, 0.1) is 6.92 Å². The Hall–Kier alpha value is -1.90. The van der Waals surface area contributed by atoms with E-state index in [1.54, 1.807) is 19.1 Å². The van der Waals surface area contributed by atoms with E-state index in [-0.39, 0.29) is 5.78 Å². The lowest BCUT2D eigenvalue weighted by Crippen LogP contribution is -2.01. The largest absolute Gasteiger partial charge is 0.364 e. The Labute approximate surface area is 81.3 Å². The molecule has 0 N–H and O–H groups in total. The Morgan fingerprint density at radius 2 is 2.00 bits per heavy atom. The van der Waals surface area contributed by atoms with Gasteiger partial charge in [0.2, 0.25) is 0 Å². The number of carbonyl (C=O) groups is 1. The van der Waals surface area contributed by atoms with Crippen molar-refractivity contribution in [2.75, 3.05) is 0 Å². The highest BCUT2D eigenvalue weighted by Crippen LogP contribution is 2.12. The molecule has 0 aliphatic rings. The standard InChI is InChI=1S/C11H9NO2/c1-8-10(7-14-12-8)11(13)9-5-3-2-4-6-9/h2-7H,1H3. The van der Waals surface area contributed by atoms with Crippen molar-refractivity contribution in [3.8, 4) is 0 Å². The molecule has 0 saturated heterocycles. The molecular weight excluding hydrogens is 178 g/mol. The highest BCUT2D eigenvalue weighted by atomic mass is 16.5. The van der Waals surface area contributed by atoms with E-state index in [1.165, 1.54) is 6.26 Å². The average Bonchev–Trinajstić information content (AvgIpc) is 2.65. The highest BCUT2D eigenvalue weighted by molar-refractivity contribution is 6.09. The van der Waals surface area contributed by atoms with Crippen molar-refractivity contribution in [2.45, 2.75) is 6.92 Å². The maximum absolute atomic E-state index is 11.8. The second kappa shape index (κ2) is 3.46. The van der Waals surface area contributed by atoms with Crippen LogP contribution in [-0.4, -0.2) is 10.9 Å². The molecule has 0 atom stereocenters. The summed E-state index contributed by atoms with van der Waals surface area (Å²) in [7, 11) is 0. The molecule has 0 spiro atoms. The van der Waals surface area contributed by atoms with Crippen molar-refractivity contribution in [2.24, 2.45) is 0 Å². The number of hydrogen-bond acceptors (Lipinski definition) is 3. The fraction of sp³-hybridized carbons (Fsp3) is 0.0909. The van der Waals surface area contributed by atoms with Crippen molar-refractivity contribution in [1.29, 1.82) is 0 Å². The third-order valence-corrected chi connectivity index (χ3v) is 2.03. The summed E-state index contributed by atoms with van der Waals surface area (Å²) in [6, 6.07) is 9.08. The summed E-state index contributed by atoms with van der Waals surface area (Å²) in [6.45, 7) is 1.75. The fourth-order valence-corrected chi connectivity index (χ4v) is 1.26. The first-order valence-electron chi connectivity index (χ1n) is 4.30. The first kappa shape index (κ1) is 8.69. The van der Waals surface area contributed by atoms with Gasteiger partial charge >= 0.3 is 0 Å². The maximum Gasteiger partial charge on any atom is 0.198 e. The first-order valence-corrected chi connectivity index (χ1v) is 4.30. The molecule has 14 heavy (non-hydrogen) atoms. The van der Waals surface area contributed by atoms with Crippen LogP contribution in [0.15, 0.2) is 41.1 Å². The molecule has 0 unspecified atom stereocenters. The maximum atomic E-state index is 11.8. The van der Waals surface area contributed by atoms with Crippen LogP contribution in [0.25, 0.3) is 0 Å². The Kier molecular flexibility index (Phi) is 2.14. The number of carbonyl (C=O) groups excluding carboxylic acids is 1. The van der Waals surface area contributed by atoms with E-state index < -0.39 is 0 Å². The molecule has 3 nitrogen and oxygen atoms in total. The van der Waals surface area contributed by atoms with Crippen LogP contribution >= 0.6 is 0 Å². The number of benzene rings is 1. The molecule has 1 aromatic heterocycles. The van der Waals surface area contributed by atoms with Gasteiger partial charge in [0.15, 0.2) is 5.78 Å². The molecular formula is C11H9NO2. The van der Waals surface area contributed by atoms with Gasteiger partial charge in [-0.05, 0) is 6.92 Å². The molecule has 1 heterocycles. The molecule has 0 aliphatic heterocycles. The first-order chi connectivity index (χ1) is 6.79. The number of rotatable bonds is 2. The lowest BCUT2D eigenvalue weighted by atomic mass is 10.1. The van der Waals surface area contributed by atoms with Gasteiger partial charge in [0.25, 0.3) is 0 Å². The zero-order valence-electron chi connectivity index (χ0n) is 7.73. The Balaban J connectivity index is 2.39. The van der Waals surface area contributed by atoms with Crippen molar-refractivity contribution in [1.82, 2.24) is 5.16 Å². The molecule has 0 saturated carbocycles. The molecule has 0 bridgehead atoms. The molecule has 2 aromatic rings. The van der Waals surface area contributed by atoms with Crippen LogP contribution < -0.4 is 0 Å².